The lowest BCUT2D eigenvalue weighted by Gasteiger charge is -2.35. The van der Waals surface area contributed by atoms with Gasteiger partial charge in [-0.3, -0.25) is 14.6 Å². The predicted molar refractivity (Wildman–Crippen MR) is 141 cm³/mol. The Kier molecular flexibility index (Phi) is 8.63. The van der Waals surface area contributed by atoms with Gasteiger partial charge in [-0.1, -0.05) is 30.3 Å². The second-order valence-electron chi connectivity index (χ2n) is 10.0. The predicted octanol–water partition coefficient (Wildman–Crippen LogP) is 1.46. The van der Waals surface area contributed by atoms with E-state index in [0.717, 1.165) is 96.6 Å². The highest BCUT2D eigenvalue weighted by Crippen LogP contribution is 2.23. The second kappa shape index (κ2) is 12.5. The number of nitrogens with zero attached hydrogens (tertiary/aromatic N) is 6. The summed E-state index contributed by atoms with van der Waals surface area (Å²) in [6.07, 6.45) is 1.92. The third-order valence-corrected chi connectivity index (χ3v) is 7.53. The summed E-state index contributed by atoms with van der Waals surface area (Å²) in [7, 11) is 0. The maximum absolute atomic E-state index is 12.9. The van der Waals surface area contributed by atoms with E-state index in [4.69, 9.17) is 4.74 Å². The van der Waals surface area contributed by atoms with Gasteiger partial charge in [0.05, 0.1) is 19.1 Å². The van der Waals surface area contributed by atoms with Gasteiger partial charge in [-0.15, -0.1) is 10.2 Å². The molecule has 36 heavy (non-hydrogen) atoms. The van der Waals surface area contributed by atoms with Gasteiger partial charge in [-0.05, 0) is 30.5 Å². The van der Waals surface area contributed by atoms with Crippen LogP contribution in [0, 0.1) is 5.92 Å². The topological polar surface area (TPSA) is 77.1 Å². The van der Waals surface area contributed by atoms with Gasteiger partial charge in [0, 0.05) is 72.0 Å². The van der Waals surface area contributed by atoms with Crippen molar-refractivity contribution in [2.75, 3.05) is 88.5 Å². The zero-order valence-corrected chi connectivity index (χ0v) is 21.2. The molecule has 0 bridgehead atoms. The summed E-state index contributed by atoms with van der Waals surface area (Å²) < 4.78 is 5.42. The maximum Gasteiger partial charge on any atom is 0.224 e. The van der Waals surface area contributed by atoms with Crippen LogP contribution in [0.5, 0.6) is 0 Å². The Hall–Kier alpha value is -2.75. The molecule has 1 amide bonds. The van der Waals surface area contributed by atoms with E-state index in [2.05, 4.69) is 65.4 Å². The van der Waals surface area contributed by atoms with Crippen LogP contribution in [0.25, 0.3) is 0 Å². The molecule has 0 radical (unpaired) electrons. The van der Waals surface area contributed by atoms with E-state index in [1.807, 2.05) is 12.1 Å². The largest absolute Gasteiger partial charge is 0.378 e. The first-order valence-electron chi connectivity index (χ1n) is 13.4. The van der Waals surface area contributed by atoms with Gasteiger partial charge in [0.15, 0.2) is 11.6 Å². The smallest absolute Gasteiger partial charge is 0.224 e. The van der Waals surface area contributed by atoms with Crippen LogP contribution in [0.3, 0.4) is 0 Å². The molecule has 9 heteroatoms. The molecule has 5 rings (SSSR count). The van der Waals surface area contributed by atoms with Crippen LogP contribution in [0.15, 0.2) is 42.5 Å². The first-order chi connectivity index (χ1) is 17.7. The van der Waals surface area contributed by atoms with Crippen LogP contribution in [0.2, 0.25) is 0 Å². The molecular weight excluding hydrogens is 454 g/mol. The van der Waals surface area contributed by atoms with E-state index in [0.29, 0.717) is 13.1 Å². The Morgan fingerprint density at radius 1 is 0.861 bits per heavy atom. The summed E-state index contributed by atoms with van der Waals surface area (Å²) in [4.78, 5) is 22.3. The second-order valence-corrected chi connectivity index (χ2v) is 10.0. The fourth-order valence-electron chi connectivity index (χ4n) is 5.34. The Balaban J connectivity index is 1.02. The molecule has 1 N–H and O–H groups in total. The monoisotopic (exact) mass is 493 g/mol. The highest BCUT2D eigenvalue weighted by Gasteiger charge is 2.27. The third-order valence-electron chi connectivity index (χ3n) is 7.53. The molecule has 194 valence electrons. The Bertz CT molecular complexity index is 944. The van der Waals surface area contributed by atoms with Crippen molar-refractivity contribution in [2.24, 2.45) is 5.92 Å². The van der Waals surface area contributed by atoms with Crippen LogP contribution in [0.4, 0.5) is 11.6 Å². The molecule has 1 aromatic heterocycles. The number of anilines is 2. The molecule has 1 aromatic carbocycles. The van der Waals surface area contributed by atoms with E-state index in [1.165, 1.54) is 5.56 Å². The van der Waals surface area contributed by atoms with Gasteiger partial charge in [0.1, 0.15) is 0 Å². The molecule has 3 fully saturated rings. The number of amides is 1. The van der Waals surface area contributed by atoms with Crippen LogP contribution < -0.4 is 15.1 Å². The fourth-order valence-corrected chi connectivity index (χ4v) is 5.34. The first-order valence-corrected chi connectivity index (χ1v) is 13.4. The number of nitrogens with one attached hydrogen (secondary N) is 1. The number of aromatic nitrogens is 2. The SMILES string of the molecule is O=C(NCCN1CCN(Cc2ccccc2)CC1)[C@@H]1CCCN(c2ccc(N3CCOCC3)nn2)C1. The minimum atomic E-state index is 0.00203. The van der Waals surface area contributed by atoms with Crippen molar-refractivity contribution in [3.63, 3.8) is 0 Å². The van der Waals surface area contributed by atoms with Crippen LogP contribution in [-0.2, 0) is 16.1 Å². The van der Waals surface area contributed by atoms with Gasteiger partial charge >= 0.3 is 0 Å². The average molecular weight is 494 g/mol. The van der Waals surface area contributed by atoms with Crippen LogP contribution >= 0.6 is 0 Å². The number of rotatable bonds is 8. The number of carbonyl (C=O) groups is 1. The van der Waals surface area contributed by atoms with Gasteiger partial charge < -0.3 is 19.9 Å². The number of ether oxygens (including phenoxy) is 1. The van der Waals surface area contributed by atoms with Crippen molar-refractivity contribution in [3.8, 4) is 0 Å². The van der Waals surface area contributed by atoms with Gasteiger partial charge in [-0.2, -0.15) is 0 Å². The lowest BCUT2D eigenvalue weighted by atomic mass is 9.97. The average Bonchev–Trinajstić information content (AvgIpc) is 2.95. The van der Waals surface area contributed by atoms with Crippen molar-refractivity contribution < 1.29 is 9.53 Å². The molecule has 9 nitrogen and oxygen atoms in total. The Labute approximate surface area is 214 Å². The summed E-state index contributed by atoms with van der Waals surface area (Å²) in [6, 6.07) is 14.7. The quantitative estimate of drug-likeness (QED) is 0.593. The fraction of sp³-hybridized carbons (Fsp3) is 0.593. The van der Waals surface area contributed by atoms with E-state index in [9.17, 15) is 4.79 Å². The molecule has 0 spiro atoms. The standard InChI is InChI=1S/C27H39N7O2/c35-27(28-10-12-31-13-15-32(16-14-31)21-23-5-2-1-3-6-23)24-7-4-11-34(22-24)26-9-8-25(29-30-26)33-17-19-36-20-18-33/h1-3,5-6,8-9,24H,4,7,10-22H2,(H,28,35)/t24-/m1/s1. The maximum atomic E-state index is 12.9. The first kappa shape index (κ1) is 24.9. The molecule has 1 atom stereocenters. The summed E-state index contributed by atoms with van der Waals surface area (Å²) >= 11 is 0. The van der Waals surface area contributed by atoms with Gasteiger partial charge in [0.25, 0.3) is 0 Å². The molecule has 4 heterocycles. The zero-order valence-electron chi connectivity index (χ0n) is 21.2. The molecule has 3 saturated heterocycles. The molecule has 3 aliphatic heterocycles. The highest BCUT2D eigenvalue weighted by molar-refractivity contribution is 5.79. The van der Waals surface area contributed by atoms with Crippen molar-refractivity contribution in [3.05, 3.63) is 48.0 Å². The van der Waals surface area contributed by atoms with Crippen molar-refractivity contribution in [1.29, 1.82) is 0 Å². The molecule has 3 aliphatic rings. The summed E-state index contributed by atoms with van der Waals surface area (Å²) in [5.74, 6) is 1.93. The minimum Gasteiger partial charge on any atom is -0.378 e. The number of hydrogen-bond donors (Lipinski definition) is 1. The van der Waals surface area contributed by atoms with Gasteiger partial charge in [0.2, 0.25) is 5.91 Å². The van der Waals surface area contributed by atoms with Crippen molar-refractivity contribution in [1.82, 2.24) is 25.3 Å². The normalized spacial score (nSPS) is 21.9. The lowest BCUT2D eigenvalue weighted by molar-refractivity contribution is -0.125. The van der Waals surface area contributed by atoms with E-state index >= 15 is 0 Å². The zero-order chi connectivity index (χ0) is 24.6. The number of morpholine rings is 1. The molecular formula is C27H39N7O2. The molecule has 0 aliphatic carbocycles. The Morgan fingerprint density at radius 2 is 1.56 bits per heavy atom. The number of piperazine rings is 1. The number of benzene rings is 1. The van der Waals surface area contributed by atoms with Crippen LogP contribution in [-0.4, -0.2) is 105 Å². The molecule has 0 saturated carbocycles. The number of piperidine rings is 1. The van der Waals surface area contributed by atoms with E-state index < -0.39 is 0 Å². The Morgan fingerprint density at radius 3 is 2.28 bits per heavy atom. The van der Waals surface area contributed by atoms with E-state index in [-0.39, 0.29) is 11.8 Å². The lowest BCUT2D eigenvalue weighted by Crippen LogP contribution is -2.49. The highest BCUT2D eigenvalue weighted by atomic mass is 16.5. The summed E-state index contributed by atoms with van der Waals surface area (Å²) in [6.45, 7) is 11.7. The minimum absolute atomic E-state index is 0.00203. The third kappa shape index (κ3) is 6.72. The van der Waals surface area contributed by atoms with Crippen molar-refractivity contribution >= 4 is 17.5 Å². The van der Waals surface area contributed by atoms with Crippen molar-refractivity contribution in [2.45, 2.75) is 19.4 Å². The van der Waals surface area contributed by atoms with E-state index in [1.54, 1.807) is 0 Å². The number of carbonyl (C=O) groups excluding carboxylic acids is 1. The summed E-state index contributed by atoms with van der Waals surface area (Å²) in [5.41, 5.74) is 1.37. The molecule has 2 aromatic rings. The van der Waals surface area contributed by atoms with Crippen LogP contribution in [0.1, 0.15) is 18.4 Å². The van der Waals surface area contributed by atoms with Gasteiger partial charge in [-0.25, -0.2) is 0 Å². The number of hydrogen-bond acceptors (Lipinski definition) is 8. The summed E-state index contributed by atoms with van der Waals surface area (Å²) in [5, 5.41) is 12.1. The molecule has 0 unspecified atom stereocenters.